The lowest BCUT2D eigenvalue weighted by atomic mass is 10.1. The van der Waals surface area contributed by atoms with Crippen LogP contribution in [0.4, 0.5) is 10.5 Å². The van der Waals surface area contributed by atoms with Gasteiger partial charge in [-0.25, -0.2) is 4.79 Å². The molecule has 1 aliphatic heterocycles. The summed E-state index contributed by atoms with van der Waals surface area (Å²) in [6, 6.07) is 5.76. The first-order valence-electron chi connectivity index (χ1n) is 8.12. The summed E-state index contributed by atoms with van der Waals surface area (Å²) in [5, 5.41) is 3.54. The third-order valence-corrected chi connectivity index (χ3v) is 4.43. The van der Waals surface area contributed by atoms with Crippen molar-refractivity contribution in [2.45, 2.75) is 13.3 Å². The van der Waals surface area contributed by atoms with Crippen LogP contribution in [0, 0.1) is 6.92 Å². The molecule has 0 bridgehead atoms. The van der Waals surface area contributed by atoms with Crippen molar-refractivity contribution in [3.05, 3.63) is 28.8 Å². The molecule has 1 aromatic carbocycles. The van der Waals surface area contributed by atoms with Gasteiger partial charge < -0.3 is 20.0 Å². The number of carbonyl (C=O) groups is 2. The lowest BCUT2D eigenvalue weighted by Crippen LogP contribution is -2.52. The van der Waals surface area contributed by atoms with Crippen LogP contribution in [0.5, 0.6) is 0 Å². The van der Waals surface area contributed by atoms with Crippen LogP contribution in [0.2, 0.25) is 5.02 Å². The van der Waals surface area contributed by atoms with Crippen molar-refractivity contribution >= 4 is 29.2 Å². The van der Waals surface area contributed by atoms with Crippen LogP contribution in [0.3, 0.4) is 0 Å². The monoisotopic (exact) mass is 352 g/mol. The van der Waals surface area contributed by atoms with Crippen molar-refractivity contribution in [2.24, 2.45) is 0 Å². The number of halogens is 1. The van der Waals surface area contributed by atoms with Crippen molar-refractivity contribution in [3.63, 3.8) is 0 Å². The number of piperazine rings is 1. The average Bonchev–Trinajstić information content (AvgIpc) is 2.57. The summed E-state index contributed by atoms with van der Waals surface area (Å²) in [6.45, 7) is 5.27. The van der Waals surface area contributed by atoms with Crippen LogP contribution in [-0.2, 0) is 4.79 Å². The van der Waals surface area contributed by atoms with E-state index in [2.05, 4.69) is 17.1 Å². The maximum Gasteiger partial charge on any atom is 0.317 e. The van der Waals surface area contributed by atoms with E-state index < -0.39 is 0 Å². The molecule has 7 heteroatoms. The molecule has 0 radical (unpaired) electrons. The summed E-state index contributed by atoms with van der Waals surface area (Å²) in [5.74, 6) is 0.0107. The van der Waals surface area contributed by atoms with E-state index in [-0.39, 0.29) is 11.9 Å². The first-order chi connectivity index (χ1) is 11.4. The number of urea groups is 1. The number of nitrogens with zero attached hydrogens (tertiary/aromatic N) is 3. The Morgan fingerprint density at radius 1 is 1.21 bits per heavy atom. The zero-order valence-electron chi connectivity index (χ0n) is 14.5. The Labute approximate surface area is 148 Å². The van der Waals surface area contributed by atoms with Gasteiger partial charge in [-0.2, -0.15) is 0 Å². The zero-order valence-corrected chi connectivity index (χ0v) is 15.3. The third kappa shape index (κ3) is 4.77. The first-order valence-corrected chi connectivity index (χ1v) is 8.50. The molecule has 0 saturated carbocycles. The van der Waals surface area contributed by atoms with E-state index in [9.17, 15) is 9.59 Å². The number of nitrogens with one attached hydrogen (secondary N) is 1. The number of benzene rings is 1. The molecule has 3 amide bonds. The van der Waals surface area contributed by atoms with Crippen molar-refractivity contribution in [2.75, 3.05) is 51.7 Å². The molecule has 6 nitrogen and oxygen atoms in total. The molecular formula is C17H25ClN4O2. The Kier molecular flexibility index (Phi) is 6.31. The Morgan fingerprint density at radius 2 is 1.88 bits per heavy atom. The SMILES string of the molecule is Cc1ccc(Cl)cc1N1CCN(C(=O)NCCC(=O)N(C)C)CC1. The molecule has 0 aromatic heterocycles. The van der Waals surface area contributed by atoms with E-state index in [4.69, 9.17) is 11.6 Å². The maximum absolute atomic E-state index is 12.2. The standard InChI is InChI=1S/C17H25ClN4O2/c1-13-4-5-14(18)12-15(13)21-8-10-22(11-9-21)17(24)19-7-6-16(23)20(2)3/h4-5,12H,6-11H2,1-3H3,(H,19,24). The van der Waals surface area contributed by atoms with Crippen LogP contribution in [0.25, 0.3) is 0 Å². The highest BCUT2D eigenvalue weighted by atomic mass is 35.5. The minimum absolute atomic E-state index is 0.0107. The Balaban J connectivity index is 1.81. The number of anilines is 1. The normalized spacial score (nSPS) is 14.5. The molecule has 1 saturated heterocycles. The van der Waals surface area contributed by atoms with Gasteiger partial charge in [0.05, 0.1) is 0 Å². The van der Waals surface area contributed by atoms with Gasteiger partial charge in [0.15, 0.2) is 0 Å². The van der Waals surface area contributed by atoms with Gasteiger partial charge in [-0.15, -0.1) is 0 Å². The summed E-state index contributed by atoms with van der Waals surface area (Å²) in [5.41, 5.74) is 2.30. The van der Waals surface area contributed by atoms with E-state index in [0.717, 1.165) is 23.8 Å². The first kappa shape index (κ1) is 18.4. The van der Waals surface area contributed by atoms with Gasteiger partial charge in [0, 0.05) is 63.9 Å². The van der Waals surface area contributed by atoms with Gasteiger partial charge >= 0.3 is 6.03 Å². The van der Waals surface area contributed by atoms with Gasteiger partial charge in [-0.05, 0) is 24.6 Å². The van der Waals surface area contributed by atoms with Gasteiger partial charge in [0.2, 0.25) is 5.91 Å². The fourth-order valence-corrected chi connectivity index (χ4v) is 2.85. The van der Waals surface area contributed by atoms with Gasteiger partial charge in [-0.3, -0.25) is 4.79 Å². The van der Waals surface area contributed by atoms with E-state index >= 15 is 0 Å². The second-order valence-corrected chi connectivity index (χ2v) is 6.61. The van der Waals surface area contributed by atoms with Crippen LogP contribution < -0.4 is 10.2 Å². The lowest BCUT2D eigenvalue weighted by molar-refractivity contribution is -0.128. The van der Waals surface area contributed by atoms with Gasteiger partial charge in [0.25, 0.3) is 0 Å². The minimum Gasteiger partial charge on any atom is -0.368 e. The molecule has 0 aliphatic carbocycles. The van der Waals surface area contributed by atoms with Crippen molar-refractivity contribution < 1.29 is 9.59 Å². The third-order valence-electron chi connectivity index (χ3n) is 4.19. The summed E-state index contributed by atoms with van der Waals surface area (Å²) in [6.07, 6.45) is 0.320. The van der Waals surface area contributed by atoms with Gasteiger partial charge in [0.1, 0.15) is 0 Å². The molecule has 1 aromatic rings. The largest absolute Gasteiger partial charge is 0.368 e. The van der Waals surface area contributed by atoms with E-state index in [1.54, 1.807) is 19.0 Å². The maximum atomic E-state index is 12.2. The highest BCUT2D eigenvalue weighted by Gasteiger charge is 2.22. The van der Waals surface area contributed by atoms with Crippen molar-refractivity contribution in [1.29, 1.82) is 0 Å². The molecule has 1 aliphatic rings. The number of aryl methyl sites for hydroxylation is 1. The Morgan fingerprint density at radius 3 is 2.50 bits per heavy atom. The molecule has 0 spiro atoms. The summed E-state index contributed by atoms with van der Waals surface area (Å²) < 4.78 is 0. The summed E-state index contributed by atoms with van der Waals surface area (Å²) >= 11 is 6.09. The molecule has 0 unspecified atom stereocenters. The predicted molar refractivity (Wildman–Crippen MR) is 96.7 cm³/mol. The zero-order chi connectivity index (χ0) is 17.7. The van der Waals surface area contributed by atoms with Gasteiger partial charge in [-0.1, -0.05) is 17.7 Å². The summed E-state index contributed by atoms with van der Waals surface area (Å²) in [4.78, 5) is 29.2. The second-order valence-electron chi connectivity index (χ2n) is 6.17. The van der Waals surface area contributed by atoms with Crippen molar-refractivity contribution in [1.82, 2.24) is 15.1 Å². The Hall–Kier alpha value is -1.95. The summed E-state index contributed by atoms with van der Waals surface area (Å²) in [7, 11) is 3.42. The molecule has 2 rings (SSSR count). The highest BCUT2D eigenvalue weighted by molar-refractivity contribution is 6.30. The van der Waals surface area contributed by atoms with E-state index in [1.807, 2.05) is 18.2 Å². The lowest BCUT2D eigenvalue weighted by Gasteiger charge is -2.36. The molecule has 0 atom stereocenters. The molecule has 1 heterocycles. The quantitative estimate of drug-likeness (QED) is 0.901. The van der Waals surface area contributed by atoms with Crippen LogP contribution in [0.1, 0.15) is 12.0 Å². The van der Waals surface area contributed by atoms with E-state index in [0.29, 0.717) is 26.1 Å². The number of hydrogen-bond acceptors (Lipinski definition) is 3. The number of amides is 3. The average molecular weight is 353 g/mol. The Bertz CT molecular complexity index is 598. The van der Waals surface area contributed by atoms with Crippen LogP contribution >= 0.6 is 11.6 Å². The van der Waals surface area contributed by atoms with Crippen molar-refractivity contribution in [3.8, 4) is 0 Å². The smallest absolute Gasteiger partial charge is 0.317 e. The molecule has 1 N–H and O–H groups in total. The predicted octanol–water partition coefficient (Wildman–Crippen LogP) is 1.96. The fraction of sp³-hybridized carbons (Fsp3) is 0.529. The molecule has 24 heavy (non-hydrogen) atoms. The number of carbonyl (C=O) groups excluding carboxylic acids is 2. The van der Waals surface area contributed by atoms with Crippen LogP contribution in [-0.4, -0.2) is 68.6 Å². The topological polar surface area (TPSA) is 55.9 Å². The number of rotatable bonds is 4. The highest BCUT2D eigenvalue weighted by Crippen LogP contribution is 2.25. The molecule has 132 valence electrons. The van der Waals surface area contributed by atoms with Crippen LogP contribution in [0.15, 0.2) is 18.2 Å². The minimum atomic E-state index is -0.107. The second kappa shape index (κ2) is 8.24. The molecule has 1 fully saturated rings. The number of hydrogen-bond donors (Lipinski definition) is 1. The molecular weight excluding hydrogens is 328 g/mol. The fourth-order valence-electron chi connectivity index (χ4n) is 2.69. The van der Waals surface area contributed by atoms with E-state index in [1.165, 1.54) is 10.5 Å².